The van der Waals surface area contributed by atoms with Gasteiger partial charge in [0.2, 0.25) is 5.56 Å². The third-order valence-corrected chi connectivity index (χ3v) is 5.62. The second kappa shape index (κ2) is 6.29. The predicted octanol–water partition coefficient (Wildman–Crippen LogP) is 1.32. The van der Waals surface area contributed by atoms with Crippen molar-refractivity contribution in [2.45, 2.75) is 38.0 Å². The number of piperidine rings is 1. The molecule has 0 unspecified atom stereocenters. The fraction of sp³-hybridized carbons (Fsp3) is 0.421. The maximum atomic E-state index is 12.6. The fourth-order valence-corrected chi connectivity index (χ4v) is 4.12. The Hall–Kier alpha value is -3.03. The summed E-state index contributed by atoms with van der Waals surface area (Å²) in [5.74, 6) is 1.09. The lowest BCUT2D eigenvalue weighted by atomic mass is 9.95. The topological polar surface area (TPSA) is 96.2 Å². The number of carbonyl (C=O) groups excluding carboxylic acids is 1. The molecule has 0 radical (unpaired) electrons. The fourth-order valence-electron chi connectivity index (χ4n) is 4.12. The highest BCUT2D eigenvalue weighted by Gasteiger charge is 2.28. The van der Waals surface area contributed by atoms with Crippen molar-refractivity contribution >= 4 is 11.6 Å². The summed E-state index contributed by atoms with van der Waals surface area (Å²) in [4.78, 5) is 28.2. The molecule has 1 N–H and O–H groups in total. The molecule has 0 atom stereocenters. The third kappa shape index (κ3) is 2.81. The quantitative estimate of drug-likeness (QED) is 0.740. The number of aromatic nitrogens is 5. The van der Waals surface area contributed by atoms with Crippen molar-refractivity contribution in [3.8, 4) is 0 Å². The van der Waals surface area contributed by atoms with Crippen molar-refractivity contribution in [2.24, 2.45) is 0 Å². The van der Waals surface area contributed by atoms with E-state index in [1.807, 2.05) is 9.42 Å². The Bertz CT molecular complexity index is 1060. The minimum atomic E-state index is -0.206. The van der Waals surface area contributed by atoms with Gasteiger partial charge in [-0.15, -0.1) is 10.2 Å². The van der Waals surface area contributed by atoms with Gasteiger partial charge in [-0.05, 0) is 49.8 Å². The van der Waals surface area contributed by atoms with Gasteiger partial charge in [0.15, 0.2) is 11.5 Å². The maximum Gasteiger partial charge on any atom is 0.255 e. The normalized spacial score (nSPS) is 17.4. The van der Waals surface area contributed by atoms with Gasteiger partial charge in [0, 0.05) is 31.3 Å². The van der Waals surface area contributed by atoms with Crippen LogP contribution >= 0.6 is 0 Å². The molecule has 4 heterocycles. The first-order valence-corrected chi connectivity index (χ1v) is 9.41. The van der Waals surface area contributed by atoms with Crippen LogP contribution in [0.1, 0.15) is 52.6 Å². The number of likely N-dealkylation sites (tertiary alicyclic amines) is 1. The average molecular weight is 364 g/mol. The van der Waals surface area contributed by atoms with Crippen LogP contribution in [-0.2, 0) is 12.8 Å². The first kappa shape index (κ1) is 16.2. The lowest BCUT2D eigenvalue weighted by Crippen LogP contribution is -2.38. The summed E-state index contributed by atoms with van der Waals surface area (Å²) in [6, 6.07) is 5.07. The SMILES string of the molecule is O=C(c1ccc(=O)[nH]c1)N1CCC(c2nnc3cc4c(nn23)CCC4)CC1. The van der Waals surface area contributed by atoms with Crippen LogP contribution in [0.25, 0.3) is 5.65 Å². The van der Waals surface area contributed by atoms with Crippen molar-refractivity contribution in [3.63, 3.8) is 0 Å². The number of carbonyl (C=O) groups is 1. The van der Waals surface area contributed by atoms with Gasteiger partial charge in [0.1, 0.15) is 0 Å². The van der Waals surface area contributed by atoms with Crippen LogP contribution in [0, 0.1) is 0 Å². The van der Waals surface area contributed by atoms with Gasteiger partial charge >= 0.3 is 0 Å². The van der Waals surface area contributed by atoms with Gasteiger partial charge in [-0.3, -0.25) is 9.59 Å². The second-order valence-corrected chi connectivity index (χ2v) is 7.31. The van der Waals surface area contributed by atoms with Gasteiger partial charge in [-0.1, -0.05) is 0 Å². The van der Waals surface area contributed by atoms with E-state index < -0.39 is 0 Å². The summed E-state index contributed by atoms with van der Waals surface area (Å²) in [6.45, 7) is 1.31. The Morgan fingerprint density at radius 1 is 1.15 bits per heavy atom. The van der Waals surface area contributed by atoms with Crippen LogP contribution in [0.2, 0.25) is 0 Å². The number of nitrogens with zero attached hydrogens (tertiary/aromatic N) is 5. The highest BCUT2D eigenvalue weighted by Crippen LogP contribution is 2.29. The molecule has 3 aromatic heterocycles. The molecule has 1 aliphatic heterocycles. The summed E-state index contributed by atoms with van der Waals surface area (Å²) < 4.78 is 1.90. The zero-order valence-electron chi connectivity index (χ0n) is 14.9. The smallest absolute Gasteiger partial charge is 0.255 e. The maximum absolute atomic E-state index is 12.6. The van der Waals surface area contributed by atoms with E-state index >= 15 is 0 Å². The van der Waals surface area contributed by atoms with Crippen LogP contribution in [0.5, 0.6) is 0 Å². The Balaban J connectivity index is 1.33. The summed E-state index contributed by atoms with van der Waals surface area (Å²) in [6.07, 6.45) is 6.39. The number of H-pyrrole nitrogens is 1. The number of pyridine rings is 1. The van der Waals surface area contributed by atoms with Crippen LogP contribution in [-0.4, -0.2) is 48.7 Å². The van der Waals surface area contributed by atoms with Crippen molar-refractivity contribution < 1.29 is 4.79 Å². The van der Waals surface area contributed by atoms with E-state index in [4.69, 9.17) is 5.10 Å². The second-order valence-electron chi connectivity index (χ2n) is 7.31. The number of aryl methyl sites for hydroxylation is 2. The molecule has 2 aliphatic rings. The molecule has 0 aromatic carbocycles. The van der Waals surface area contributed by atoms with E-state index in [1.54, 1.807) is 6.07 Å². The Kier molecular flexibility index (Phi) is 3.77. The summed E-state index contributed by atoms with van der Waals surface area (Å²) >= 11 is 0. The van der Waals surface area contributed by atoms with Crippen molar-refractivity contribution in [2.75, 3.05) is 13.1 Å². The number of amides is 1. The minimum Gasteiger partial charge on any atom is -0.339 e. The summed E-state index contributed by atoms with van der Waals surface area (Å²) in [5.41, 5.74) is 3.58. The molecule has 0 bridgehead atoms. The minimum absolute atomic E-state index is 0.0493. The van der Waals surface area contributed by atoms with E-state index in [-0.39, 0.29) is 17.4 Å². The number of aromatic amines is 1. The molecule has 5 rings (SSSR count). The lowest BCUT2D eigenvalue weighted by molar-refractivity contribution is 0.0710. The molecular formula is C19H20N6O2. The molecule has 1 aliphatic carbocycles. The Morgan fingerprint density at radius 3 is 2.78 bits per heavy atom. The first-order valence-electron chi connectivity index (χ1n) is 9.41. The van der Waals surface area contributed by atoms with E-state index in [0.717, 1.165) is 49.3 Å². The summed E-state index contributed by atoms with van der Waals surface area (Å²) in [5, 5.41) is 13.5. The van der Waals surface area contributed by atoms with Gasteiger partial charge in [0.25, 0.3) is 5.91 Å². The van der Waals surface area contributed by atoms with Crippen LogP contribution < -0.4 is 5.56 Å². The third-order valence-electron chi connectivity index (χ3n) is 5.62. The number of hydrogen-bond acceptors (Lipinski definition) is 5. The van der Waals surface area contributed by atoms with E-state index in [0.29, 0.717) is 18.7 Å². The molecule has 1 amide bonds. The molecule has 0 spiro atoms. The van der Waals surface area contributed by atoms with Crippen molar-refractivity contribution in [1.82, 2.24) is 29.7 Å². The zero-order chi connectivity index (χ0) is 18.4. The van der Waals surface area contributed by atoms with Gasteiger partial charge < -0.3 is 9.88 Å². The average Bonchev–Trinajstić information content (AvgIpc) is 3.32. The monoisotopic (exact) mass is 364 g/mol. The summed E-state index contributed by atoms with van der Waals surface area (Å²) in [7, 11) is 0. The highest BCUT2D eigenvalue weighted by molar-refractivity contribution is 5.93. The zero-order valence-corrected chi connectivity index (χ0v) is 14.9. The molecule has 1 saturated heterocycles. The first-order chi connectivity index (χ1) is 13.2. The Morgan fingerprint density at radius 2 is 2.00 bits per heavy atom. The molecule has 8 heteroatoms. The van der Waals surface area contributed by atoms with Gasteiger partial charge in [-0.2, -0.15) is 9.61 Å². The van der Waals surface area contributed by atoms with E-state index in [1.165, 1.54) is 17.8 Å². The highest BCUT2D eigenvalue weighted by atomic mass is 16.2. The van der Waals surface area contributed by atoms with E-state index in [9.17, 15) is 9.59 Å². The molecular weight excluding hydrogens is 344 g/mol. The van der Waals surface area contributed by atoms with Crippen molar-refractivity contribution in [1.29, 1.82) is 0 Å². The molecule has 3 aromatic rings. The number of rotatable bonds is 2. The van der Waals surface area contributed by atoms with Crippen LogP contribution in [0.3, 0.4) is 0 Å². The standard InChI is InChI=1S/C19H20N6O2/c26-17-5-4-14(11-20-17)19(27)24-8-6-12(7-9-24)18-22-21-16-10-13-2-1-3-15(13)23-25(16)18/h4-5,10-12H,1-3,6-9H2,(H,20,26). The van der Waals surface area contributed by atoms with Crippen LogP contribution in [0.15, 0.2) is 29.2 Å². The lowest BCUT2D eigenvalue weighted by Gasteiger charge is -2.31. The van der Waals surface area contributed by atoms with Gasteiger partial charge in [-0.25, -0.2) is 0 Å². The van der Waals surface area contributed by atoms with E-state index in [2.05, 4.69) is 21.2 Å². The predicted molar refractivity (Wildman–Crippen MR) is 97.7 cm³/mol. The van der Waals surface area contributed by atoms with Crippen molar-refractivity contribution in [3.05, 3.63) is 57.4 Å². The Labute approximate surface area is 155 Å². The molecule has 1 fully saturated rings. The molecule has 0 saturated carbocycles. The largest absolute Gasteiger partial charge is 0.339 e. The number of fused-ring (bicyclic) bond motifs is 2. The van der Waals surface area contributed by atoms with Gasteiger partial charge in [0.05, 0.1) is 11.3 Å². The molecule has 27 heavy (non-hydrogen) atoms. The van der Waals surface area contributed by atoms with Crippen LogP contribution in [0.4, 0.5) is 0 Å². The number of hydrogen-bond donors (Lipinski definition) is 1. The molecule has 8 nitrogen and oxygen atoms in total. The molecule has 138 valence electrons. The number of nitrogens with one attached hydrogen (secondary N) is 1.